The number of rotatable bonds is 5. The fourth-order valence-electron chi connectivity index (χ4n) is 3.39. The maximum atomic E-state index is 11.1. The number of aromatic nitrogens is 1. The minimum Gasteiger partial charge on any atom is -0.439 e. The van der Waals surface area contributed by atoms with Gasteiger partial charge < -0.3 is 10.5 Å². The summed E-state index contributed by atoms with van der Waals surface area (Å²) < 4.78 is 5.85. The molecule has 1 amide bonds. The Morgan fingerprint density at radius 3 is 2.79 bits per heavy atom. The number of carbonyl (C=O) groups is 1. The zero-order valence-corrected chi connectivity index (χ0v) is 16.0. The van der Waals surface area contributed by atoms with Crippen LogP contribution < -0.4 is 10.5 Å². The Balaban J connectivity index is 1.46. The van der Waals surface area contributed by atoms with Gasteiger partial charge in [0.15, 0.2) is 0 Å². The van der Waals surface area contributed by atoms with Gasteiger partial charge in [-0.15, -0.1) is 0 Å². The standard InChI is InChI=1S/C22H20ClN3O2/c23-19-3-1-2-15(10-19)13-26-9-8-16-4-6-20(11-18(16)14-26)28-21-7-5-17(12-25-21)22(24)27/h1-7,10-12H,8-9,13-14H2,(H2,24,27). The maximum Gasteiger partial charge on any atom is 0.250 e. The highest BCUT2D eigenvalue weighted by atomic mass is 35.5. The summed E-state index contributed by atoms with van der Waals surface area (Å²) >= 11 is 6.10. The van der Waals surface area contributed by atoms with Crippen molar-refractivity contribution in [3.63, 3.8) is 0 Å². The number of pyridine rings is 1. The monoisotopic (exact) mass is 393 g/mol. The summed E-state index contributed by atoms with van der Waals surface area (Å²) in [7, 11) is 0. The van der Waals surface area contributed by atoms with Crippen molar-refractivity contribution in [1.82, 2.24) is 9.88 Å². The summed E-state index contributed by atoms with van der Waals surface area (Å²) in [4.78, 5) is 17.7. The molecule has 4 rings (SSSR count). The van der Waals surface area contributed by atoms with Crippen LogP contribution in [0.1, 0.15) is 27.0 Å². The van der Waals surface area contributed by atoms with Crippen molar-refractivity contribution in [3.8, 4) is 11.6 Å². The predicted octanol–water partition coefficient (Wildman–Crippen LogP) is 4.18. The lowest BCUT2D eigenvalue weighted by Gasteiger charge is -2.29. The molecule has 0 saturated heterocycles. The van der Waals surface area contributed by atoms with Gasteiger partial charge in [-0.3, -0.25) is 9.69 Å². The zero-order valence-electron chi connectivity index (χ0n) is 15.3. The van der Waals surface area contributed by atoms with Gasteiger partial charge in [0, 0.05) is 36.9 Å². The number of fused-ring (bicyclic) bond motifs is 1. The second-order valence-electron chi connectivity index (χ2n) is 6.87. The third kappa shape index (κ3) is 4.32. The Morgan fingerprint density at radius 1 is 1.14 bits per heavy atom. The number of nitrogens with two attached hydrogens (primary N) is 1. The van der Waals surface area contributed by atoms with Crippen molar-refractivity contribution in [3.05, 3.63) is 88.1 Å². The van der Waals surface area contributed by atoms with Crippen molar-refractivity contribution in [2.45, 2.75) is 19.5 Å². The number of benzene rings is 2. The molecule has 1 aliphatic heterocycles. The highest BCUT2D eigenvalue weighted by Crippen LogP contribution is 2.27. The van der Waals surface area contributed by atoms with Gasteiger partial charge in [-0.05, 0) is 53.4 Å². The van der Waals surface area contributed by atoms with Crippen LogP contribution in [0.3, 0.4) is 0 Å². The van der Waals surface area contributed by atoms with E-state index >= 15 is 0 Å². The van der Waals surface area contributed by atoms with Crippen molar-refractivity contribution in [1.29, 1.82) is 0 Å². The molecular weight excluding hydrogens is 374 g/mol. The predicted molar refractivity (Wildman–Crippen MR) is 109 cm³/mol. The average Bonchev–Trinajstić information content (AvgIpc) is 2.68. The van der Waals surface area contributed by atoms with Crippen molar-refractivity contribution >= 4 is 17.5 Å². The van der Waals surface area contributed by atoms with E-state index in [9.17, 15) is 4.79 Å². The number of primary amides is 1. The summed E-state index contributed by atoms with van der Waals surface area (Å²) in [5.41, 5.74) is 9.39. The van der Waals surface area contributed by atoms with E-state index in [1.807, 2.05) is 24.3 Å². The van der Waals surface area contributed by atoms with Gasteiger partial charge in [-0.25, -0.2) is 4.98 Å². The molecule has 0 spiro atoms. The molecule has 0 fully saturated rings. The van der Waals surface area contributed by atoms with Crippen LogP contribution in [0.5, 0.6) is 11.6 Å². The van der Waals surface area contributed by atoms with Gasteiger partial charge in [0.05, 0.1) is 5.56 Å². The topological polar surface area (TPSA) is 68.5 Å². The van der Waals surface area contributed by atoms with Crippen molar-refractivity contribution < 1.29 is 9.53 Å². The first-order valence-electron chi connectivity index (χ1n) is 9.09. The summed E-state index contributed by atoms with van der Waals surface area (Å²) in [5.74, 6) is 0.645. The van der Waals surface area contributed by atoms with E-state index in [0.717, 1.165) is 36.8 Å². The molecule has 0 saturated carbocycles. The SMILES string of the molecule is NC(=O)c1ccc(Oc2ccc3c(c2)CN(Cc2cccc(Cl)c2)CC3)nc1. The molecule has 1 aliphatic rings. The Labute approximate surface area is 168 Å². The molecule has 0 atom stereocenters. The lowest BCUT2D eigenvalue weighted by molar-refractivity contribution is 0.1000. The van der Waals surface area contributed by atoms with E-state index < -0.39 is 5.91 Å². The summed E-state index contributed by atoms with van der Waals surface area (Å²) in [6, 6.07) is 17.4. The Kier molecular flexibility index (Phi) is 5.28. The second-order valence-corrected chi connectivity index (χ2v) is 7.31. The van der Waals surface area contributed by atoms with E-state index in [1.165, 1.54) is 22.9 Å². The van der Waals surface area contributed by atoms with E-state index in [1.54, 1.807) is 12.1 Å². The molecule has 0 radical (unpaired) electrons. The van der Waals surface area contributed by atoms with Crippen LogP contribution in [0, 0.1) is 0 Å². The van der Waals surface area contributed by atoms with Gasteiger partial charge in [-0.1, -0.05) is 29.8 Å². The molecular formula is C22H20ClN3O2. The van der Waals surface area contributed by atoms with Crippen LogP contribution in [0.15, 0.2) is 60.8 Å². The first kappa shape index (κ1) is 18.5. The smallest absolute Gasteiger partial charge is 0.250 e. The number of carbonyl (C=O) groups excluding carboxylic acids is 1. The molecule has 6 heteroatoms. The van der Waals surface area contributed by atoms with Crippen LogP contribution in [-0.4, -0.2) is 22.3 Å². The molecule has 28 heavy (non-hydrogen) atoms. The minimum atomic E-state index is -0.507. The van der Waals surface area contributed by atoms with E-state index in [2.05, 4.69) is 28.1 Å². The van der Waals surface area contributed by atoms with Gasteiger partial charge in [-0.2, -0.15) is 0 Å². The van der Waals surface area contributed by atoms with Crippen LogP contribution in [0.25, 0.3) is 0 Å². The molecule has 2 aromatic carbocycles. The lowest BCUT2D eigenvalue weighted by Crippen LogP contribution is -2.30. The molecule has 0 bridgehead atoms. The number of nitrogens with zero attached hydrogens (tertiary/aromatic N) is 2. The number of hydrogen-bond donors (Lipinski definition) is 1. The normalized spacial score (nSPS) is 13.8. The van der Waals surface area contributed by atoms with Crippen molar-refractivity contribution in [2.24, 2.45) is 5.73 Å². The summed E-state index contributed by atoms with van der Waals surface area (Å²) in [6.45, 7) is 2.73. The Morgan fingerprint density at radius 2 is 2.04 bits per heavy atom. The Bertz CT molecular complexity index is 1000. The van der Waals surface area contributed by atoms with Gasteiger partial charge >= 0.3 is 0 Å². The first-order valence-corrected chi connectivity index (χ1v) is 9.47. The number of halogens is 1. The molecule has 0 aliphatic carbocycles. The fraction of sp³-hybridized carbons (Fsp3) is 0.182. The maximum absolute atomic E-state index is 11.1. The molecule has 142 valence electrons. The first-order chi connectivity index (χ1) is 13.6. The highest BCUT2D eigenvalue weighted by molar-refractivity contribution is 6.30. The Hall–Kier alpha value is -2.89. The third-order valence-corrected chi connectivity index (χ3v) is 5.04. The molecule has 2 N–H and O–H groups in total. The van der Waals surface area contributed by atoms with Gasteiger partial charge in [0.2, 0.25) is 11.8 Å². The average molecular weight is 394 g/mol. The van der Waals surface area contributed by atoms with E-state index in [4.69, 9.17) is 22.1 Å². The summed E-state index contributed by atoms with van der Waals surface area (Å²) in [6.07, 6.45) is 2.42. The molecule has 3 aromatic rings. The highest BCUT2D eigenvalue weighted by Gasteiger charge is 2.17. The number of ether oxygens (including phenoxy) is 1. The second kappa shape index (κ2) is 8.00. The van der Waals surface area contributed by atoms with Crippen molar-refractivity contribution in [2.75, 3.05) is 6.54 Å². The summed E-state index contributed by atoms with van der Waals surface area (Å²) in [5, 5.41) is 0.764. The lowest BCUT2D eigenvalue weighted by atomic mass is 9.99. The van der Waals surface area contributed by atoms with Crippen LogP contribution in [-0.2, 0) is 19.5 Å². The minimum absolute atomic E-state index is 0.356. The third-order valence-electron chi connectivity index (χ3n) is 4.81. The van der Waals surface area contributed by atoms with Gasteiger partial charge in [0.25, 0.3) is 0 Å². The van der Waals surface area contributed by atoms with Crippen LogP contribution >= 0.6 is 11.6 Å². The zero-order chi connectivity index (χ0) is 19.5. The molecule has 1 aromatic heterocycles. The van der Waals surface area contributed by atoms with Gasteiger partial charge in [0.1, 0.15) is 5.75 Å². The number of hydrogen-bond acceptors (Lipinski definition) is 4. The van der Waals surface area contributed by atoms with Crippen LogP contribution in [0.4, 0.5) is 0 Å². The number of amides is 1. The molecule has 5 nitrogen and oxygen atoms in total. The quantitative estimate of drug-likeness (QED) is 0.705. The van der Waals surface area contributed by atoms with Crippen LogP contribution in [0.2, 0.25) is 5.02 Å². The molecule has 2 heterocycles. The molecule has 0 unspecified atom stereocenters. The largest absolute Gasteiger partial charge is 0.439 e. The van der Waals surface area contributed by atoms with E-state index in [-0.39, 0.29) is 0 Å². The van der Waals surface area contributed by atoms with E-state index in [0.29, 0.717) is 11.4 Å². The fourth-order valence-corrected chi connectivity index (χ4v) is 3.60.